The fourth-order valence-electron chi connectivity index (χ4n) is 1.40. The summed E-state index contributed by atoms with van der Waals surface area (Å²) in [5.41, 5.74) is 0.751. The van der Waals surface area contributed by atoms with Crippen LogP contribution in [-0.4, -0.2) is 10.2 Å². The van der Waals surface area contributed by atoms with Crippen molar-refractivity contribution in [3.05, 3.63) is 54.7 Å². The normalized spacial score (nSPS) is 9.81. The van der Waals surface area contributed by atoms with Crippen LogP contribution in [0.4, 0.5) is 16.3 Å². The fraction of sp³-hybridized carbons (Fsp3) is 0. The average Bonchev–Trinajstić information content (AvgIpc) is 2.31. The molecule has 2 aromatic rings. The van der Waals surface area contributed by atoms with Crippen molar-refractivity contribution in [2.24, 2.45) is 0 Å². The molecule has 16 heavy (non-hydrogen) atoms. The van der Waals surface area contributed by atoms with Gasteiger partial charge in [-0.15, -0.1) is 0 Å². The minimum atomic E-state index is -0.357. The number of amides is 1. The summed E-state index contributed by atoms with van der Waals surface area (Å²) >= 11 is 3.86. The number of rotatable bonds is 2. The Hall–Kier alpha value is -1.81. The maximum atomic E-state index is 11.5. The molecule has 80 valence electrons. The molecule has 3 nitrogen and oxygen atoms in total. The second-order valence-electron chi connectivity index (χ2n) is 3.14. The Labute approximate surface area is 99.1 Å². The zero-order chi connectivity index (χ0) is 11.4. The van der Waals surface area contributed by atoms with Crippen LogP contribution in [0.5, 0.6) is 0 Å². The zero-order valence-corrected chi connectivity index (χ0v) is 9.34. The Bertz CT molecular complexity index is 433. The Morgan fingerprint density at radius 2 is 1.75 bits per heavy atom. The van der Waals surface area contributed by atoms with Crippen LogP contribution < -0.4 is 4.90 Å². The molecular formula is C12H10N2OS. The van der Waals surface area contributed by atoms with Gasteiger partial charge in [-0.25, -0.2) is 4.98 Å². The van der Waals surface area contributed by atoms with Gasteiger partial charge in [-0.3, -0.25) is 9.69 Å². The lowest BCUT2D eigenvalue weighted by Crippen LogP contribution is -2.20. The van der Waals surface area contributed by atoms with E-state index in [2.05, 4.69) is 17.6 Å². The number of hydrogen-bond acceptors (Lipinski definition) is 2. The zero-order valence-electron chi connectivity index (χ0n) is 8.45. The Morgan fingerprint density at radius 3 is 2.31 bits per heavy atom. The van der Waals surface area contributed by atoms with Crippen LogP contribution in [0, 0.1) is 0 Å². The summed E-state index contributed by atoms with van der Waals surface area (Å²) < 4.78 is 0. The molecule has 0 saturated heterocycles. The van der Waals surface area contributed by atoms with E-state index in [0.29, 0.717) is 5.82 Å². The van der Waals surface area contributed by atoms with Crippen molar-refractivity contribution >= 4 is 29.4 Å². The third-order valence-electron chi connectivity index (χ3n) is 2.08. The second kappa shape index (κ2) is 4.81. The van der Waals surface area contributed by atoms with E-state index in [4.69, 9.17) is 0 Å². The van der Waals surface area contributed by atoms with E-state index in [-0.39, 0.29) is 5.24 Å². The SMILES string of the molecule is O=C(S)N(c1ccccc1)c1ccccn1. The van der Waals surface area contributed by atoms with Gasteiger partial charge >= 0.3 is 0 Å². The number of anilines is 2. The number of hydrogen-bond donors (Lipinski definition) is 1. The highest BCUT2D eigenvalue weighted by Crippen LogP contribution is 2.24. The third kappa shape index (κ3) is 2.23. The maximum absolute atomic E-state index is 11.5. The van der Waals surface area contributed by atoms with Gasteiger partial charge in [0.15, 0.2) is 0 Å². The number of carbonyl (C=O) groups excluding carboxylic acids is 1. The van der Waals surface area contributed by atoms with Gasteiger partial charge in [-0.1, -0.05) is 36.9 Å². The van der Waals surface area contributed by atoms with Crippen LogP contribution in [0.3, 0.4) is 0 Å². The molecule has 0 saturated carbocycles. The van der Waals surface area contributed by atoms with Crippen LogP contribution in [0.15, 0.2) is 54.7 Å². The summed E-state index contributed by atoms with van der Waals surface area (Å²) in [6.45, 7) is 0. The molecule has 2 rings (SSSR count). The Kier molecular flexibility index (Phi) is 3.22. The van der Waals surface area contributed by atoms with Crippen LogP contribution in [0.25, 0.3) is 0 Å². The topological polar surface area (TPSA) is 33.2 Å². The van der Waals surface area contributed by atoms with Gasteiger partial charge in [-0.2, -0.15) is 0 Å². The molecular weight excluding hydrogens is 220 g/mol. The fourth-order valence-corrected chi connectivity index (χ4v) is 1.62. The monoisotopic (exact) mass is 230 g/mol. The summed E-state index contributed by atoms with van der Waals surface area (Å²) in [6.07, 6.45) is 1.64. The lowest BCUT2D eigenvalue weighted by atomic mass is 10.3. The molecule has 0 aliphatic rings. The Morgan fingerprint density at radius 1 is 1.06 bits per heavy atom. The Balaban J connectivity index is 2.44. The quantitative estimate of drug-likeness (QED) is 0.803. The summed E-state index contributed by atoms with van der Waals surface area (Å²) in [4.78, 5) is 17.1. The summed E-state index contributed by atoms with van der Waals surface area (Å²) in [6, 6.07) is 14.7. The van der Waals surface area contributed by atoms with Gasteiger partial charge in [0.2, 0.25) is 0 Å². The van der Waals surface area contributed by atoms with Crippen LogP contribution in [-0.2, 0) is 0 Å². The average molecular weight is 230 g/mol. The van der Waals surface area contributed by atoms with Gasteiger partial charge < -0.3 is 0 Å². The summed E-state index contributed by atoms with van der Waals surface area (Å²) in [5, 5.41) is -0.357. The molecule has 0 bridgehead atoms. The number of pyridine rings is 1. The lowest BCUT2D eigenvalue weighted by molar-refractivity contribution is 0.267. The number of para-hydroxylation sites is 1. The van der Waals surface area contributed by atoms with E-state index < -0.39 is 0 Å². The maximum Gasteiger partial charge on any atom is 0.288 e. The summed E-state index contributed by atoms with van der Waals surface area (Å²) in [5.74, 6) is 0.564. The van der Waals surface area contributed by atoms with Crippen LogP contribution in [0.1, 0.15) is 0 Å². The molecule has 4 heteroatoms. The van der Waals surface area contributed by atoms with E-state index in [9.17, 15) is 4.79 Å². The number of carbonyl (C=O) groups is 1. The van der Waals surface area contributed by atoms with Crippen LogP contribution >= 0.6 is 12.6 Å². The molecule has 0 atom stereocenters. The lowest BCUT2D eigenvalue weighted by Gasteiger charge is -2.18. The van der Waals surface area contributed by atoms with Crippen molar-refractivity contribution in [3.8, 4) is 0 Å². The summed E-state index contributed by atoms with van der Waals surface area (Å²) in [7, 11) is 0. The predicted molar refractivity (Wildman–Crippen MR) is 67.2 cm³/mol. The number of thiol groups is 1. The highest BCUT2D eigenvalue weighted by Gasteiger charge is 2.14. The molecule has 1 aromatic heterocycles. The van der Waals surface area contributed by atoms with Gasteiger partial charge in [0.1, 0.15) is 5.82 Å². The molecule has 0 aliphatic carbocycles. The largest absolute Gasteiger partial charge is 0.288 e. The van der Waals surface area contributed by atoms with Crippen molar-refractivity contribution in [2.45, 2.75) is 0 Å². The highest BCUT2D eigenvalue weighted by atomic mass is 32.1. The van der Waals surface area contributed by atoms with E-state index in [1.807, 2.05) is 36.4 Å². The number of nitrogens with zero attached hydrogens (tertiary/aromatic N) is 2. The molecule has 0 aliphatic heterocycles. The van der Waals surface area contributed by atoms with E-state index in [1.54, 1.807) is 18.3 Å². The van der Waals surface area contributed by atoms with Crippen molar-refractivity contribution in [1.82, 2.24) is 4.98 Å². The van der Waals surface area contributed by atoms with Crippen molar-refractivity contribution in [1.29, 1.82) is 0 Å². The first kappa shape index (κ1) is 10.7. The molecule has 1 aromatic carbocycles. The molecule has 0 spiro atoms. The van der Waals surface area contributed by atoms with Crippen molar-refractivity contribution in [2.75, 3.05) is 4.90 Å². The first-order valence-electron chi connectivity index (χ1n) is 4.78. The molecule has 0 N–H and O–H groups in total. The molecule has 0 unspecified atom stereocenters. The van der Waals surface area contributed by atoms with E-state index in [0.717, 1.165) is 5.69 Å². The minimum Gasteiger partial charge on any atom is -0.261 e. The van der Waals surface area contributed by atoms with Gasteiger partial charge in [-0.05, 0) is 24.3 Å². The minimum absolute atomic E-state index is 0.357. The molecule has 1 heterocycles. The van der Waals surface area contributed by atoms with Gasteiger partial charge in [0.05, 0.1) is 5.69 Å². The first-order chi connectivity index (χ1) is 7.79. The molecule has 1 amide bonds. The third-order valence-corrected chi connectivity index (χ3v) is 2.28. The number of benzene rings is 1. The highest BCUT2D eigenvalue weighted by molar-refractivity contribution is 7.97. The predicted octanol–water partition coefficient (Wildman–Crippen LogP) is 3.27. The smallest absolute Gasteiger partial charge is 0.261 e. The standard InChI is InChI=1S/C12H10N2OS/c15-12(16)14(10-6-2-1-3-7-10)11-8-4-5-9-13-11/h1-9H,(H,15,16). The van der Waals surface area contributed by atoms with Crippen molar-refractivity contribution in [3.63, 3.8) is 0 Å². The van der Waals surface area contributed by atoms with Gasteiger partial charge in [0, 0.05) is 6.20 Å². The first-order valence-corrected chi connectivity index (χ1v) is 5.23. The van der Waals surface area contributed by atoms with Crippen molar-refractivity contribution < 1.29 is 4.79 Å². The molecule has 0 radical (unpaired) electrons. The van der Waals surface area contributed by atoms with E-state index >= 15 is 0 Å². The number of aromatic nitrogens is 1. The second-order valence-corrected chi connectivity index (χ2v) is 3.52. The molecule has 0 fully saturated rings. The van der Waals surface area contributed by atoms with Gasteiger partial charge in [0.25, 0.3) is 5.24 Å². The van der Waals surface area contributed by atoms with E-state index in [1.165, 1.54) is 4.90 Å². The van der Waals surface area contributed by atoms with Crippen LogP contribution in [0.2, 0.25) is 0 Å².